The summed E-state index contributed by atoms with van der Waals surface area (Å²) in [6, 6.07) is 2.30. The monoisotopic (exact) mass is 243 g/mol. The number of aryl methyl sites for hydroxylation is 1. The van der Waals surface area contributed by atoms with E-state index in [0.717, 1.165) is 6.07 Å². The number of carbonyl (C=O) groups excluding carboxylic acids is 1. The fourth-order valence-corrected chi connectivity index (χ4v) is 1.61. The molecule has 0 atom stereocenters. The zero-order valence-electron chi connectivity index (χ0n) is 8.72. The number of H-pyrrole nitrogens is 1. The normalized spacial score (nSPS) is 11.8. The van der Waals surface area contributed by atoms with Crippen molar-refractivity contribution in [3.63, 3.8) is 0 Å². The standard InChI is InChI=1S/C10H8F3N3O/c1-5-7-2-6(14-4-17)3-8(10(11,12)13)9(7)16-15-5/h2-4H,1H3,(H,14,17)(H,15,16). The first kappa shape index (κ1) is 11.4. The Labute approximate surface area is 93.8 Å². The largest absolute Gasteiger partial charge is 0.418 e. The lowest BCUT2D eigenvalue weighted by Gasteiger charge is -2.09. The van der Waals surface area contributed by atoms with Crippen LogP contribution in [0.4, 0.5) is 18.9 Å². The molecule has 1 amide bonds. The van der Waals surface area contributed by atoms with Crippen molar-refractivity contribution in [3.8, 4) is 0 Å². The van der Waals surface area contributed by atoms with E-state index >= 15 is 0 Å². The highest BCUT2D eigenvalue weighted by Gasteiger charge is 2.34. The van der Waals surface area contributed by atoms with E-state index in [0.29, 0.717) is 17.5 Å². The van der Waals surface area contributed by atoms with Crippen molar-refractivity contribution >= 4 is 23.0 Å². The predicted molar refractivity (Wildman–Crippen MR) is 55.5 cm³/mol. The smallest absolute Gasteiger partial charge is 0.329 e. The summed E-state index contributed by atoms with van der Waals surface area (Å²) in [7, 11) is 0. The Morgan fingerprint density at radius 1 is 1.41 bits per heavy atom. The molecule has 0 radical (unpaired) electrons. The fourth-order valence-electron chi connectivity index (χ4n) is 1.61. The minimum Gasteiger partial charge on any atom is -0.329 e. The van der Waals surface area contributed by atoms with Crippen LogP contribution in [0.1, 0.15) is 11.3 Å². The molecule has 0 aliphatic heterocycles. The van der Waals surface area contributed by atoms with E-state index in [1.165, 1.54) is 6.07 Å². The first-order valence-electron chi connectivity index (χ1n) is 4.69. The molecule has 2 N–H and O–H groups in total. The van der Waals surface area contributed by atoms with Crippen LogP contribution in [0.2, 0.25) is 0 Å². The first-order chi connectivity index (χ1) is 7.93. The van der Waals surface area contributed by atoms with Crippen LogP contribution < -0.4 is 5.32 Å². The van der Waals surface area contributed by atoms with Crippen molar-refractivity contribution < 1.29 is 18.0 Å². The molecule has 0 aliphatic carbocycles. The Morgan fingerprint density at radius 3 is 2.71 bits per heavy atom. The van der Waals surface area contributed by atoms with Gasteiger partial charge in [0.25, 0.3) is 0 Å². The summed E-state index contributed by atoms with van der Waals surface area (Å²) in [6.07, 6.45) is -4.18. The van der Waals surface area contributed by atoms with Gasteiger partial charge in [0.15, 0.2) is 0 Å². The van der Waals surface area contributed by atoms with Gasteiger partial charge in [0.2, 0.25) is 6.41 Å². The summed E-state index contributed by atoms with van der Waals surface area (Å²) in [5.74, 6) is 0. The van der Waals surface area contributed by atoms with Crippen LogP contribution in [0.3, 0.4) is 0 Å². The highest BCUT2D eigenvalue weighted by Crippen LogP contribution is 2.36. The number of anilines is 1. The van der Waals surface area contributed by atoms with Gasteiger partial charge < -0.3 is 5.32 Å². The van der Waals surface area contributed by atoms with Crippen molar-refractivity contribution in [3.05, 3.63) is 23.4 Å². The van der Waals surface area contributed by atoms with Crippen LogP contribution in [-0.4, -0.2) is 16.6 Å². The number of nitrogens with zero attached hydrogens (tertiary/aromatic N) is 1. The Bertz CT molecular complexity index is 574. The average molecular weight is 243 g/mol. The summed E-state index contributed by atoms with van der Waals surface area (Å²) >= 11 is 0. The molecule has 1 aromatic heterocycles. The molecule has 0 fully saturated rings. The van der Waals surface area contributed by atoms with E-state index < -0.39 is 11.7 Å². The first-order valence-corrected chi connectivity index (χ1v) is 4.69. The summed E-state index contributed by atoms with van der Waals surface area (Å²) in [5, 5.41) is 8.66. The molecule has 4 nitrogen and oxygen atoms in total. The van der Waals surface area contributed by atoms with Crippen molar-refractivity contribution in [1.29, 1.82) is 0 Å². The number of halogens is 3. The summed E-state index contributed by atoms with van der Waals surface area (Å²) < 4.78 is 38.3. The van der Waals surface area contributed by atoms with Gasteiger partial charge in [-0.25, -0.2) is 0 Å². The van der Waals surface area contributed by atoms with E-state index in [1.54, 1.807) is 6.92 Å². The molecule has 2 aromatic rings. The van der Waals surface area contributed by atoms with Crippen LogP contribution in [0.5, 0.6) is 0 Å². The van der Waals surface area contributed by atoms with E-state index in [9.17, 15) is 18.0 Å². The van der Waals surface area contributed by atoms with Crippen LogP contribution >= 0.6 is 0 Å². The van der Waals surface area contributed by atoms with E-state index in [-0.39, 0.29) is 11.2 Å². The third kappa shape index (κ3) is 1.95. The second-order valence-electron chi connectivity index (χ2n) is 3.53. The SMILES string of the molecule is Cc1[nH]nc2c(C(F)(F)F)cc(NC=O)cc12. The Hall–Kier alpha value is -2.05. The van der Waals surface area contributed by atoms with E-state index in [2.05, 4.69) is 15.5 Å². The van der Waals surface area contributed by atoms with E-state index in [4.69, 9.17) is 0 Å². The maximum Gasteiger partial charge on any atom is 0.418 e. The molecule has 0 saturated heterocycles. The van der Waals surface area contributed by atoms with Crippen molar-refractivity contribution in [1.82, 2.24) is 10.2 Å². The van der Waals surface area contributed by atoms with Crippen LogP contribution in [0, 0.1) is 6.92 Å². The Kier molecular flexibility index (Phi) is 2.53. The molecule has 1 heterocycles. The Balaban J connectivity index is 2.75. The number of carbonyl (C=O) groups is 1. The molecule has 0 unspecified atom stereocenters. The van der Waals surface area contributed by atoms with Crippen molar-refractivity contribution in [2.24, 2.45) is 0 Å². The van der Waals surface area contributed by atoms with Gasteiger partial charge in [0, 0.05) is 16.8 Å². The van der Waals surface area contributed by atoms with Gasteiger partial charge in [-0.1, -0.05) is 0 Å². The molecule has 0 spiro atoms. The number of amides is 1. The maximum absolute atomic E-state index is 12.8. The van der Waals surface area contributed by atoms with Crippen LogP contribution in [-0.2, 0) is 11.0 Å². The highest BCUT2D eigenvalue weighted by atomic mass is 19.4. The quantitative estimate of drug-likeness (QED) is 0.796. The topological polar surface area (TPSA) is 57.8 Å². The summed E-state index contributed by atoms with van der Waals surface area (Å²) in [5.41, 5.74) is -0.417. The number of alkyl halides is 3. The second kappa shape index (κ2) is 3.76. The molecular formula is C10H8F3N3O. The summed E-state index contributed by atoms with van der Waals surface area (Å²) in [4.78, 5) is 10.3. The zero-order valence-corrected chi connectivity index (χ0v) is 8.72. The number of aromatic amines is 1. The minimum atomic E-state index is -4.51. The molecule has 0 aliphatic rings. The predicted octanol–water partition coefficient (Wildman–Crippen LogP) is 2.46. The number of rotatable bonds is 2. The molecule has 7 heteroatoms. The highest BCUT2D eigenvalue weighted by molar-refractivity contribution is 5.90. The molecule has 90 valence electrons. The van der Waals surface area contributed by atoms with Gasteiger partial charge in [0.05, 0.1) is 5.56 Å². The number of nitrogens with one attached hydrogen (secondary N) is 2. The fraction of sp³-hybridized carbons (Fsp3) is 0.200. The summed E-state index contributed by atoms with van der Waals surface area (Å²) in [6.45, 7) is 1.61. The number of aromatic nitrogens is 2. The molecule has 2 rings (SSSR count). The van der Waals surface area contributed by atoms with Gasteiger partial charge in [-0.05, 0) is 19.1 Å². The molecular weight excluding hydrogens is 235 g/mol. The Morgan fingerprint density at radius 2 is 2.12 bits per heavy atom. The second-order valence-corrected chi connectivity index (χ2v) is 3.53. The maximum atomic E-state index is 12.8. The van der Waals surface area contributed by atoms with Gasteiger partial charge >= 0.3 is 6.18 Å². The zero-order chi connectivity index (χ0) is 12.6. The molecule has 1 aromatic carbocycles. The van der Waals surface area contributed by atoms with Crippen molar-refractivity contribution in [2.45, 2.75) is 13.1 Å². The van der Waals surface area contributed by atoms with Gasteiger partial charge in [-0.3, -0.25) is 9.89 Å². The van der Waals surface area contributed by atoms with Crippen LogP contribution in [0.25, 0.3) is 10.9 Å². The number of hydrogen-bond donors (Lipinski definition) is 2. The minimum absolute atomic E-state index is 0.0873. The number of fused-ring (bicyclic) bond motifs is 1. The average Bonchev–Trinajstić information content (AvgIpc) is 2.59. The van der Waals surface area contributed by atoms with Crippen LogP contribution in [0.15, 0.2) is 12.1 Å². The van der Waals surface area contributed by atoms with Gasteiger partial charge in [-0.15, -0.1) is 0 Å². The number of hydrogen-bond acceptors (Lipinski definition) is 2. The third-order valence-corrected chi connectivity index (χ3v) is 2.38. The lowest BCUT2D eigenvalue weighted by molar-refractivity contribution is -0.136. The van der Waals surface area contributed by atoms with Gasteiger partial charge in [-0.2, -0.15) is 18.3 Å². The number of benzene rings is 1. The molecule has 0 saturated carbocycles. The van der Waals surface area contributed by atoms with Gasteiger partial charge in [0.1, 0.15) is 5.52 Å². The molecule has 17 heavy (non-hydrogen) atoms. The third-order valence-electron chi connectivity index (χ3n) is 2.38. The van der Waals surface area contributed by atoms with Crippen molar-refractivity contribution in [2.75, 3.05) is 5.32 Å². The molecule has 0 bridgehead atoms. The lowest BCUT2D eigenvalue weighted by atomic mass is 10.1. The lowest BCUT2D eigenvalue weighted by Crippen LogP contribution is -2.07. The van der Waals surface area contributed by atoms with E-state index in [1.807, 2.05) is 0 Å².